The van der Waals surface area contributed by atoms with Gasteiger partial charge >= 0.3 is 0 Å². The van der Waals surface area contributed by atoms with Crippen molar-refractivity contribution in [2.75, 3.05) is 12.8 Å². The summed E-state index contributed by atoms with van der Waals surface area (Å²) in [7, 11) is 1.53. The molecule has 0 aliphatic rings. The van der Waals surface area contributed by atoms with Crippen molar-refractivity contribution in [1.29, 1.82) is 0 Å². The summed E-state index contributed by atoms with van der Waals surface area (Å²) < 4.78 is 9.68. The molecular formula is C10H10N2O3. The molecule has 2 rings (SSSR count). The van der Waals surface area contributed by atoms with E-state index in [0.717, 1.165) is 0 Å². The van der Waals surface area contributed by atoms with Crippen molar-refractivity contribution >= 4 is 5.88 Å². The van der Waals surface area contributed by atoms with Gasteiger partial charge in [0.2, 0.25) is 5.88 Å². The molecule has 3 N–H and O–H groups in total. The van der Waals surface area contributed by atoms with Crippen molar-refractivity contribution < 1.29 is 14.4 Å². The van der Waals surface area contributed by atoms with Crippen LogP contribution in [0.3, 0.4) is 0 Å². The Bertz CT molecular complexity index is 479. The zero-order chi connectivity index (χ0) is 10.8. The first kappa shape index (κ1) is 9.39. The first-order valence-corrected chi connectivity index (χ1v) is 4.30. The molecule has 2 aromatic rings. The van der Waals surface area contributed by atoms with Crippen molar-refractivity contribution in [1.82, 2.24) is 5.16 Å². The summed E-state index contributed by atoms with van der Waals surface area (Å²) in [5.74, 6) is 0.857. The highest BCUT2D eigenvalue weighted by Crippen LogP contribution is 2.32. The van der Waals surface area contributed by atoms with Crippen LogP contribution in [-0.2, 0) is 0 Å². The zero-order valence-corrected chi connectivity index (χ0v) is 8.10. The average molecular weight is 206 g/mol. The van der Waals surface area contributed by atoms with Crippen LogP contribution in [-0.4, -0.2) is 17.4 Å². The van der Waals surface area contributed by atoms with E-state index in [2.05, 4.69) is 5.16 Å². The summed E-state index contributed by atoms with van der Waals surface area (Å²) >= 11 is 0. The Morgan fingerprint density at radius 2 is 2.20 bits per heavy atom. The number of phenolic OH excluding ortho intramolecular Hbond substituents is 1. The maximum Gasteiger partial charge on any atom is 0.222 e. The van der Waals surface area contributed by atoms with Crippen molar-refractivity contribution in [2.24, 2.45) is 0 Å². The van der Waals surface area contributed by atoms with E-state index >= 15 is 0 Å². The van der Waals surface area contributed by atoms with Crippen LogP contribution >= 0.6 is 0 Å². The lowest BCUT2D eigenvalue weighted by Gasteiger charge is -2.03. The van der Waals surface area contributed by atoms with Gasteiger partial charge in [-0.1, -0.05) is 5.16 Å². The molecule has 15 heavy (non-hydrogen) atoms. The molecule has 1 heterocycles. The lowest BCUT2D eigenvalue weighted by atomic mass is 10.1. The van der Waals surface area contributed by atoms with Gasteiger partial charge in [0, 0.05) is 17.7 Å². The summed E-state index contributed by atoms with van der Waals surface area (Å²) in [4.78, 5) is 0. The van der Waals surface area contributed by atoms with Crippen LogP contribution in [0.5, 0.6) is 11.5 Å². The molecule has 0 spiro atoms. The highest BCUT2D eigenvalue weighted by Gasteiger charge is 2.09. The normalized spacial score (nSPS) is 10.2. The van der Waals surface area contributed by atoms with Crippen LogP contribution < -0.4 is 10.5 Å². The summed E-state index contributed by atoms with van der Waals surface area (Å²) in [6.07, 6.45) is 0. The highest BCUT2D eigenvalue weighted by atomic mass is 16.5. The minimum Gasteiger partial charge on any atom is -0.507 e. The number of methoxy groups -OCH3 is 1. The number of aromatic hydroxyl groups is 1. The zero-order valence-electron chi connectivity index (χ0n) is 8.10. The second-order valence-corrected chi connectivity index (χ2v) is 3.00. The smallest absolute Gasteiger partial charge is 0.222 e. The fourth-order valence-electron chi connectivity index (χ4n) is 1.27. The summed E-state index contributed by atoms with van der Waals surface area (Å²) in [6.45, 7) is 0. The van der Waals surface area contributed by atoms with Gasteiger partial charge in [0.1, 0.15) is 17.2 Å². The second kappa shape index (κ2) is 3.53. The van der Waals surface area contributed by atoms with E-state index < -0.39 is 0 Å². The Kier molecular flexibility index (Phi) is 2.21. The Hall–Kier alpha value is -2.17. The number of ether oxygens (including phenoxy) is 1. The summed E-state index contributed by atoms with van der Waals surface area (Å²) in [5.41, 5.74) is 6.43. The van der Waals surface area contributed by atoms with Gasteiger partial charge in [0.25, 0.3) is 0 Å². The Labute approximate surface area is 86.1 Å². The molecule has 1 aromatic heterocycles. The van der Waals surface area contributed by atoms with Crippen molar-refractivity contribution in [3.63, 3.8) is 0 Å². The van der Waals surface area contributed by atoms with E-state index in [-0.39, 0.29) is 11.6 Å². The van der Waals surface area contributed by atoms with E-state index in [9.17, 15) is 5.11 Å². The predicted octanol–water partition coefficient (Wildman–Crippen LogP) is 1.64. The topological polar surface area (TPSA) is 81.5 Å². The van der Waals surface area contributed by atoms with Crippen LogP contribution in [0, 0.1) is 0 Å². The molecular weight excluding hydrogens is 196 g/mol. The molecule has 78 valence electrons. The summed E-state index contributed by atoms with van der Waals surface area (Å²) in [5, 5.41) is 13.4. The molecule has 0 amide bonds. The third-order valence-electron chi connectivity index (χ3n) is 2.01. The van der Waals surface area contributed by atoms with Crippen molar-refractivity contribution in [3.8, 4) is 22.8 Å². The minimum atomic E-state index is 0.0719. The largest absolute Gasteiger partial charge is 0.507 e. The number of nitrogen functional groups attached to an aromatic ring is 1. The Morgan fingerprint density at radius 1 is 1.40 bits per heavy atom. The third-order valence-corrected chi connectivity index (χ3v) is 2.01. The number of nitrogens with two attached hydrogens (primary N) is 1. The number of benzene rings is 1. The predicted molar refractivity (Wildman–Crippen MR) is 54.6 cm³/mol. The Morgan fingerprint density at radius 3 is 2.73 bits per heavy atom. The van der Waals surface area contributed by atoms with Gasteiger partial charge in [-0.05, 0) is 12.1 Å². The molecule has 0 aliphatic heterocycles. The van der Waals surface area contributed by atoms with E-state index in [4.69, 9.17) is 15.0 Å². The SMILES string of the molecule is COc1ccc(-c2cc(N)on2)c(O)c1. The number of hydrogen-bond donors (Lipinski definition) is 2. The van der Waals surface area contributed by atoms with Crippen LogP contribution in [0.25, 0.3) is 11.3 Å². The number of rotatable bonds is 2. The number of anilines is 1. The van der Waals surface area contributed by atoms with Gasteiger partial charge in [-0.2, -0.15) is 0 Å². The monoisotopic (exact) mass is 206 g/mol. The van der Waals surface area contributed by atoms with Crippen molar-refractivity contribution in [3.05, 3.63) is 24.3 Å². The van der Waals surface area contributed by atoms with Crippen molar-refractivity contribution in [2.45, 2.75) is 0 Å². The van der Waals surface area contributed by atoms with Gasteiger partial charge in [0.15, 0.2) is 0 Å². The van der Waals surface area contributed by atoms with Gasteiger partial charge in [-0.25, -0.2) is 0 Å². The molecule has 0 atom stereocenters. The third kappa shape index (κ3) is 1.71. The van der Waals surface area contributed by atoms with Crippen LogP contribution in [0.4, 0.5) is 5.88 Å². The first-order chi connectivity index (χ1) is 7.20. The molecule has 1 aromatic carbocycles. The van der Waals surface area contributed by atoms with Gasteiger partial charge < -0.3 is 20.1 Å². The lowest BCUT2D eigenvalue weighted by molar-refractivity contribution is 0.407. The van der Waals surface area contributed by atoms with E-state index in [1.165, 1.54) is 13.2 Å². The summed E-state index contributed by atoms with van der Waals surface area (Å²) in [6, 6.07) is 6.45. The quantitative estimate of drug-likeness (QED) is 0.780. The standard InChI is InChI=1S/C10H10N2O3/c1-14-6-2-3-7(9(13)4-6)8-5-10(11)15-12-8/h2-5,13H,11H2,1H3. The first-order valence-electron chi connectivity index (χ1n) is 4.30. The van der Waals surface area contributed by atoms with E-state index in [1.54, 1.807) is 18.2 Å². The number of hydrogen-bond acceptors (Lipinski definition) is 5. The van der Waals surface area contributed by atoms with Gasteiger partial charge in [0.05, 0.1) is 7.11 Å². The maximum absolute atomic E-state index is 9.68. The molecule has 5 heteroatoms. The maximum atomic E-state index is 9.68. The molecule has 5 nitrogen and oxygen atoms in total. The molecule has 0 saturated carbocycles. The molecule has 0 bridgehead atoms. The van der Waals surface area contributed by atoms with Crippen LogP contribution in [0.1, 0.15) is 0 Å². The van der Waals surface area contributed by atoms with Crippen LogP contribution in [0.2, 0.25) is 0 Å². The fourth-order valence-corrected chi connectivity index (χ4v) is 1.27. The molecule has 0 saturated heterocycles. The molecule has 0 radical (unpaired) electrons. The Balaban J connectivity index is 2.45. The minimum absolute atomic E-state index is 0.0719. The number of aromatic nitrogens is 1. The second-order valence-electron chi connectivity index (χ2n) is 3.00. The molecule has 0 unspecified atom stereocenters. The van der Waals surface area contributed by atoms with Gasteiger partial charge in [-0.15, -0.1) is 0 Å². The lowest BCUT2D eigenvalue weighted by Crippen LogP contribution is -1.84. The van der Waals surface area contributed by atoms with Crippen LogP contribution in [0.15, 0.2) is 28.8 Å². The van der Waals surface area contributed by atoms with E-state index in [0.29, 0.717) is 17.0 Å². The fraction of sp³-hybridized carbons (Fsp3) is 0.100. The van der Waals surface area contributed by atoms with E-state index in [1.807, 2.05) is 0 Å². The highest BCUT2D eigenvalue weighted by molar-refractivity contribution is 5.69. The number of phenols is 1. The average Bonchev–Trinajstić information content (AvgIpc) is 2.64. The number of nitrogens with zero attached hydrogens (tertiary/aromatic N) is 1. The van der Waals surface area contributed by atoms with Gasteiger partial charge in [-0.3, -0.25) is 0 Å². The molecule has 0 aliphatic carbocycles. The molecule has 0 fully saturated rings.